The average molecular weight is 362 g/mol. The van der Waals surface area contributed by atoms with Gasteiger partial charge in [-0.3, -0.25) is 14.4 Å². The molecule has 8 heteroatoms. The summed E-state index contributed by atoms with van der Waals surface area (Å²) in [5.41, 5.74) is 0.646. The highest BCUT2D eigenvalue weighted by molar-refractivity contribution is 6.00. The van der Waals surface area contributed by atoms with E-state index in [4.69, 9.17) is 14.6 Å². The maximum Gasteiger partial charge on any atom is 0.308 e. The molecule has 0 spiro atoms. The number of aliphatic carboxylic acids is 1. The van der Waals surface area contributed by atoms with Crippen LogP contribution in [-0.4, -0.2) is 61.6 Å². The minimum absolute atomic E-state index is 0.126. The van der Waals surface area contributed by atoms with Gasteiger partial charge in [-0.2, -0.15) is 0 Å². The highest BCUT2D eigenvalue weighted by atomic mass is 16.5. The van der Waals surface area contributed by atoms with Gasteiger partial charge >= 0.3 is 5.97 Å². The molecule has 1 aromatic rings. The maximum absolute atomic E-state index is 12.7. The van der Waals surface area contributed by atoms with Crippen molar-refractivity contribution in [3.63, 3.8) is 0 Å². The van der Waals surface area contributed by atoms with E-state index in [-0.39, 0.29) is 31.3 Å². The minimum Gasteiger partial charge on any atom is -0.493 e. The van der Waals surface area contributed by atoms with Crippen LogP contribution >= 0.6 is 0 Å². The van der Waals surface area contributed by atoms with Crippen molar-refractivity contribution in [1.29, 1.82) is 0 Å². The summed E-state index contributed by atoms with van der Waals surface area (Å²) in [5, 5.41) is 9.08. The summed E-state index contributed by atoms with van der Waals surface area (Å²) in [4.78, 5) is 39.3. The summed E-state index contributed by atoms with van der Waals surface area (Å²) in [6, 6.07) is 5.18. The molecule has 0 aromatic heterocycles. The van der Waals surface area contributed by atoms with Crippen LogP contribution < -0.4 is 14.4 Å². The van der Waals surface area contributed by atoms with Crippen LogP contribution in [0.25, 0.3) is 0 Å². The number of carboxylic acids is 1. The number of ether oxygens (including phenoxy) is 2. The lowest BCUT2D eigenvalue weighted by Crippen LogP contribution is -2.36. The van der Waals surface area contributed by atoms with E-state index in [0.29, 0.717) is 30.2 Å². The fraction of sp³-hybridized carbons (Fsp3) is 0.500. The van der Waals surface area contributed by atoms with E-state index < -0.39 is 17.8 Å². The van der Waals surface area contributed by atoms with Crippen molar-refractivity contribution in [2.75, 3.05) is 38.8 Å². The zero-order valence-electron chi connectivity index (χ0n) is 14.8. The van der Waals surface area contributed by atoms with E-state index in [9.17, 15) is 14.4 Å². The highest BCUT2D eigenvalue weighted by Gasteiger charge is 2.40. The van der Waals surface area contributed by atoms with Crippen LogP contribution in [0.4, 0.5) is 5.69 Å². The minimum atomic E-state index is -0.880. The summed E-state index contributed by atoms with van der Waals surface area (Å²) in [5.74, 6) is -1.06. The molecule has 0 saturated carbocycles. The smallest absolute Gasteiger partial charge is 0.308 e. The normalized spacial score (nSPS) is 22.6. The Morgan fingerprint density at radius 2 is 1.85 bits per heavy atom. The molecular weight excluding hydrogens is 340 g/mol. The lowest BCUT2D eigenvalue weighted by Gasteiger charge is -2.21. The van der Waals surface area contributed by atoms with Gasteiger partial charge in [-0.1, -0.05) is 0 Å². The van der Waals surface area contributed by atoms with Gasteiger partial charge in [-0.25, -0.2) is 0 Å². The SMILES string of the molecule is COc1ccc(N2C[C@@H](C(=O)N3CC[C@@H](C(=O)O)C3)CC2=O)cc1OC. The summed E-state index contributed by atoms with van der Waals surface area (Å²) >= 11 is 0. The molecular formula is C18H22N2O6. The number of hydrogen-bond donors (Lipinski definition) is 1. The molecule has 0 radical (unpaired) electrons. The molecule has 0 unspecified atom stereocenters. The fourth-order valence-electron chi connectivity index (χ4n) is 3.54. The molecule has 2 saturated heterocycles. The molecule has 2 aliphatic rings. The van der Waals surface area contributed by atoms with E-state index >= 15 is 0 Å². The van der Waals surface area contributed by atoms with Crippen molar-refractivity contribution in [3.8, 4) is 11.5 Å². The number of carbonyl (C=O) groups is 3. The Bertz CT molecular complexity index is 734. The van der Waals surface area contributed by atoms with Crippen molar-refractivity contribution in [1.82, 2.24) is 4.90 Å². The third kappa shape index (κ3) is 3.31. The van der Waals surface area contributed by atoms with Gasteiger partial charge < -0.3 is 24.4 Å². The van der Waals surface area contributed by atoms with Gasteiger partial charge in [-0.05, 0) is 18.6 Å². The molecule has 1 N–H and O–H groups in total. The summed E-state index contributed by atoms with van der Waals surface area (Å²) in [6.07, 6.45) is 0.586. The topological polar surface area (TPSA) is 96.4 Å². The van der Waals surface area contributed by atoms with Crippen molar-refractivity contribution >= 4 is 23.5 Å². The third-order valence-corrected chi connectivity index (χ3v) is 5.00. The third-order valence-electron chi connectivity index (χ3n) is 5.00. The van der Waals surface area contributed by atoms with Gasteiger partial charge in [0.05, 0.1) is 26.1 Å². The summed E-state index contributed by atoms with van der Waals surface area (Å²) in [7, 11) is 3.06. The lowest BCUT2D eigenvalue weighted by atomic mass is 10.1. The molecule has 26 heavy (non-hydrogen) atoms. The number of likely N-dealkylation sites (tertiary alicyclic amines) is 1. The zero-order valence-corrected chi connectivity index (χ0v) is 14.8. The van der Waals surface area contributed by atoms with Gasteiger partial charge in [-0.15, -0.1) is 0 Å². The molecule has 2 fully saturated rings. The molecule has 2 atom stereocenters. The van der Waals surface area contributed by atoms with E-state index in [0.717, 1.165) is 0 Å². The van der Waals surface area contributed by atoms with Crippen LogP contribution in [0.5, 0.6) is 11.5 Å². The molecule has 2 amide bonds. The van der Waals surface area contributed by atoms with E-state index in [1.807, 2.05) is 0 Å². The monoisotopic (exact) mass is 362 g/mol. The van der Waals surface area contributed by atoms with Gasteiger partial charge in [0.25, 0.3) is 0 Å². The first kappa shape index (κ1) is 18.0. The number of hydrogen-bond acceptors (Lipinski definition) is 5. The fourth-order valence-corrected chi connectivity index (χ4v) is 3.54. The number of amides is 2. The molecule has 140 valence electrons. The lowest BCUT2D eigenvalue weighted by molar-refractivity contribution is -0.141. The van der Waals surface area contributed by atoms with E-state index in [2.05, 4.69) is 0 Å². The second kappa shape index (κ2) is 7.23. The molecule has 2 aliphatic heterocycles. The molecule has 2 heterocycles. The number of benzene rings is 1. The molecule has 0 bridgehead atoms. The summed E-state index contributed by atoms with van der Waals surface area (Å²) in [6.45, 7) is 0.924. The van der Waals surface area contributed by atoms with Crippen molar-refractivity contribution < 1.29 is 29.0 Å². The zero-order chi connectivity index (χ0) is 18.8. The number of nitrogens with zero attached hydrogens (tertiary/aromatic N) is 2. The molecule has 3 rings (SSSR count). The second-order valence-electron chi connectivity index (χ2n) is 6.55. The Morgan fingerprint density at radius 3 is 2.46 bits per heavy atom. The molecule has 8 nitrogen and oxygen atoms in total. The van der Waals surface area contributed by atoms with Gasteiger partial charge in [0.15, 0.2) is 11.5 Å². The number of carbonyl (C=O) groups excluding carboxylic acids is 2. The number of anilines is 1. The Balaban J connectivity index is 1.71. The summed E-state index contributed by atoms with van der Waals surface area (Å²) < 4.78 is 10.5. The van der Waals surface area contributed by atoms with Gasteiger partial charge in [0.1, 0.15) is 0 Å². The largest absolute Gasteiger partial charge is 0.493 e. The predicted octanol–water partition coefficient (Wildman–Crippen LogP) is 0.990. The van der Waals surface area contributed by atoms with Crippen molar-refractivity contribution in [2.45, 2.75) is 12.8 Å². The average Bonchev–Trinajstić information content (AvgIpc) is 3.27. The van der Waals surface area contributed by atoms with Crippen LogP contribution in [0.2, 0.25) is 0 Å². The predicted molar refractivity (Wildman–Crippen MR) is 92.3 cm³/mol. The number of rotatable bonds is 5. The highest BCUT2D eigenvalue weighted by Crippen LogP contribution is 2.34. The van der Waals surface area contributed by atoms with Crippen molar-refractivity contribution in [2.24, 2.45) is 11.8 Å². The van der Waals surface area contributed by atoms with Crippen LogP contribution in [0, 0.1) is 11.8 Å². The number of carboxylic acid groups (broad SMARTS) is 1. The first-order valence-corrected chi connectivity index (χ1v) is 8.48. The Kier molecular flexibility index (Phi) is 5.01. The first-order valence-electron chi connectivity index (χ1n) is 8.48. The standard InChI is InChI=1S/C18H22N2O6/c1-25-14-4-3-13(8-15(14)26-2)20-10-12(7-16(20)21)17(22)19-6-5-11(9-19)18(23)24/h3-4,8,11-12H,5-7,9-10H2,1-2H3,(H,23,24)/t11-,12+/m1/s1. The maximum atomic E-state index is 12.7. The van der Waals surface area contributed by atoms with E-state index in [1.165, 1.54) is 14.2 Å². The Hall–Kier alpha value is -2.77. The number of methoxy groups -OCH3 is 2. The van der Waals surface area contributed by atoms with Gasteiger partial charge in [0.2, 0.25) is 11.8 Å². The van der Waals surface area contributed by atoms with Crippen molar-refractivity contribution in [3.05, 3.63) is 18.2 Å². The van der Waals surface area contributed by atoms with Gasteiger partial charge in [0, 0.05) is 37.8 Å². The first-order chi connectivity index (χ1) is 12.4. The van der Waals surface area contributed by atoms with Crippen LogP contribution in [0.15, 0.2) is 18.2 Å². The Morgan fingerprint density at radius 1 is 1.12 bits per heavy atom. The Labute approximate surface area is 151 Å². The molecule has 1 aromatic carbocycles. The van der Waals surface area contributed by atoms with E-state index in [1.54, 1.807) is 28.0 Å². The molecule has 0 aliphatic carbocycles. The van der Waals surface area contributed by atoms with Crippen LogP contribution in [0.3, 0.4) is 0 Å². The quantitative estimate of drug-likeness (QED) is 0.839. The van der Waals surface area contributed by atoms with Crippen LogP contribution in [0.1, 0.15) is 12.8 Å². The second-order valence-corrected chi connectivity index (χ2v) is 6.55. The van der Waals surface area contributed by atoms with Crippen LogP contribution in [-0.2, 0) is 14.4 Å².